The number of rotatable bonds is 2. The molecule has 1 saturated heterocycles. The smallest absolute Gasteiger partial charge is 0.370 e. The van der Waals surface area contributed by atoms with Gasteiger partial charge in [-0.3, -0.25) is 0 Å². The fourth-order valence-corrected chi connectivity index (χ4v) is 3.08. The largest absolute Gasteiger partial charge is 0.403 e. The summed E-state index contributed by atoms with van der Waals surface area (Å²) in [5.41, 5.74) is -3.80. The average molecular weight is 334 g/mol. The molecule has 2 rings (SSSR count). The van der Waals surface area contributed by atoms with E-state index < -0.39 is 42.5 Å². The molecule has 8 heteroatoms. The lowest BCUT2D eigenvalue weighted by Crippen LogP contribution is -2.55. The van der Waals surface area contributed by atoms with Crippen LogP contribution in [0.1, 0.15) is 46.0 Å². The summed E-state index contributed by atoms with van der Waals surface area (Å²) in [6.45, 7) is 1.67. The highest BCUT2D eigenvalue weighted by Gasteiger charge is 2.68. The van der Waals surface area contributed by atoms with Crippen LogP contribution in [0.4, 0.5) is 26.3 Å². The molecular formula is C14H20F6O2. The zero-order chi connectivity index (χ0) is 16.8. The van der Waals surface area contributed by atoms with Crippen LogP contribution in [0, 0.1) is 5.41 Å². The Bertz CT molecular complexity index is 378. The van der Waals surface area contributed by atoms with E-state index in [4.69, 9.17) is 9.47 Å². The average Bonchev–Trinajstić information content (AvgIpc) is 2.37. The summed E-state index contributed by atoms with van der Waals surface area (Å²) in [5.74, 6) is 0. The van der Waals surface area contributed by atoms with Gasteiger partial charge in [-0.1, -0.05) is 12.8 Å². The van der Waals surface area contributed by atoms with Crippen molar-refractivity contribution in [2.75, 3.05) is 0 Å². The molecule has 0 amide bonds. The number of fused-ring (bicyclic) bond motifs is 1. The maximum atomic E-state index is 13.0. The molecule has 2 nitrogen and oxygen atoms in total. The number of ether oxygens (including phenoxy) is 2. The molecule has 2 fully saturated rings. The molecule has 1 heterocycles. The van der Waals surface area contributed by atoms with Crippen LogP contribution in [0.15, 0.2) is 0 Å². The van der Waals surface area contributed by atoms with Gasteiger partial charge >= 0.3 is 12.4 Å². The quantitative estimate of drug-likeness (QED) is 0.686. The van der Waals surface area contributed by atoms with Crippen molar-refractivity contribution in [3.05, 3.63) is 0 Å². The molecule has 22 heavy (non-hydrogen) atoms. The third-order valence-electron chi connectivity index (χ3n) is 4.77. The Morgan fingerprint density at radius 3 is 1.77 bits per heavy atom. The maximum Gasteiger partial charge on any atom is 0.403 e. The van der Waals surface area contributed by atoms with Gasteiger partial charge in [-0.2, -0.15) is 26.3 Å². The molecule has 0 aromatic heterocycles. The Morgan fingerprint density at radius 1 is 0.864 bits per heavy atom. The molecule has 1 aliphatic carbocycles. The van der Waals surface area contributed by atoms with Crippen molar-refractivity contribution >= 4 is 0 Å². The Hall–Kier alpha value is -0.500. The second kappa shape index (κ2) is 5.85. The summed E-state index contributed by atoms with van der Waals surface area (Å²) >= 11 is 0. The monoisotopic (exact) mass is 334 g/mol. The van der Waals surface area contributed by atoms with Crippen LogP contribution in [-0.4, -0.2) is 36.8 Å². The van der Waals surface area contributed by atoms with Crippen molar-refractivity contribution in [1.82, 2.24) is 0 Å². The van der Waals surface area contributed by atoms with E-state index in [1.807, 2.05) is 0 Å². The molecule has 0 N–H and O–H groups in total. The molecule has 0 aromatic rings. The van der Waals surface area contributed by atoms with Crippen molar-refractivity contribution in [3.63, 3.8) is 0 Å². The third kappa shape index (κ3) is 3.22. The lowest BCUT2D eigenvalue weighted by atomic mass is 9.80. The molecule has 4 atom stereocenters. The van der Waals surface area contributed by atoms with Gasteiger partial charge in [-0.15, -0.1) is 0 Å². The zero-order valence-electron chi connectivity index (χ0n) is 12.4. The minimum Gasteiger partial charge on any atom is -0.370 e. The van der Waals surface area contributed by atoms with E-state index in [0.29, 0.717) is 6.42 Å². The first-order valence-corrected chi connectivity index (χ1v) is 7.40. The number of hydrogen-bond donors (Lipinski definition) is 0. The minimum atomic E-state index is -5.39. The van der Waals surface area contributed by atoms with Gasteiger partial charge < -0.3 is 9.47 Å². The molecule has 0 spiro atoms. The van der Waals surface area contributed by atoms with Crippen molar-refractivity contribution in [2.45, 2.75) is 82.7 Å². The van der Waals surface area contributed by atoms with Crippen LogP contribution >= 0.6 is 0 Å². The Balaban J connectivity index is 2.16. The summed E-state index contributed by atoms with van der Waals surface area (Å²) < 4.78 is 89.2. The van der Waals surface area contributed by atoms with Crippen LogP contribution in [0.5, 0.6) is 0 Å². The van der Waals surface area contributed by atoms with Crippen LogP contribution in [0.3, 0.4) is 0 Å². The van der Waals surface area contributed by atoms with Crippen LogP contribution < -0.4 is 0 Å². The lowest BCUT2D eigenvalue weighted by molar-refractivity contribution is -0.350. The van der Waals surface area contributed by atoms with Crippen LogP contribution in [0.2, 0.25) is 0 Å². The summed E-state index contributed by atoms with van der Waals surface area (Å²) in [5, 5.41) is 0. The van der Waals surface area contributed by atoms with E-state index in [1.165, 1.54) is 6.92 Å². The molecule has 0 radical (unpaired) electrons. The standard InChI is InChI=1S/C14H20F6O2/c1-8-11(22-10-6-4-3-5-9(10)21-8)7-12(2,13(15,16)17)14(18,19)20/h8-11H,3-7H2,1-2H3. The fraction of sp³-hybridized carbons (Fsp3) is 1.00. The van der Waals surface area contributed by atoms with E-state index in [1.54, 1.807) is 0 Å². The summed E-state index contributed by atoms with van der Waals surface area (Å²) in [7, 11) is 0. The second-order valence-corrected chi connectivity index (χ2v) is 6.41. The molecule has 1 aliphatic heterocycles. The van der Waals surface area contributed by atoms with Gasteiger partial charge in [-0.25, -0.2) is 0 Å². The van der Waals surface area contributed by atoms with E-state index in [0.717, 1.165) is 19.3 Å². The van der Waals surface area contributed by atoms with E-state index in [-0.39, 0.29) is 13.0 Å². The first kappa shape index (κ1) is 17.8. The zero-order valence-corrected chi connectivity index (χ0v) is 12.4. The maximum absolute atomic E-state index is 13.0. The predicted molar refractivity (Wildman–Crippen MR) is 66.3 cm³/mol. The van der Waals surface area contributed by atoms with Crippen LogP contribution in [0.25, 0.3) is 0 Å². The summed E-state index contributed by atoms with van der Waals surface area (Å²) in [6, 6.07) is 0. The molecule has 0 bridgehead atoms. The van der Waals surface area contributed by atoms with Gasteiger partial charge in [0.15, 0.2) is 5.41 Å². The molecule has 2 aliphatic rings. The fourth-order valence-electron chi connectivity index (χ4n) is 3.08. The first-order chi connectivity index (χ1) is 9.96. The molecule has 4 unspecified atom stereocenters. The van der Waals surface area contributed by atoms with Crippen molar-refractivity contribution in [1.29, 1.82) is 0 Å². The summed E-state index contributed by atoms with van der Waals surface area (Å²) in [6.07, 6.45) is -11.5. The molecule has 130 valence electrons. The van der Waals surface area contributed by atoms with E-state index >= 15 is 0 Å². The van der Waals surface area contributed by atoms with Gasteiger partial charge in [0.2, 0.25) is 0 Å². The first-order valence-electron chi connectivity index (χ1n) is 7.40. The summed E-state index contributed by atoms with van der Waals surface area (Å²) in [4.78, 5) is 0. The molecule has 0 aromatic carbocycles. The highest BCUT2D eigenvalue weighted by Crippen LogP contribution is 2.54. The molecular weight excluding hydrogens is 314 g/mol. The highest BCUT2D eigenvalue weighted by molar-refractivity contribution is 4.95. The van der Waals surface area contributed by atoms with Crippen LogP contribution in [-0.2, 0) is 9.47 Å². The van der Waals surface area contributed by atoms with Crippen molar-refractivity contribution in [3.8, 4) is 0 Å². The lowest BCUT2D eigenvalue weighted by Gasteiger charge is -2.46. The second-order valence-electron chi connectivity index (χ2n) is 6.41. The SMILES string of the molecule is CC1OC2CCCCC2OC1CC(C)(C(F)(F)F)C(F)(F)F. The third-order valence-corrected chi connectivity index (χ3v) is 4.77. The van der Waals surface area contributed by atoms with Gasteiger partial charge in [0.05, 0.1) is 24.4 Å². The number of halogens is 6. The Kier molecular flexibility index (Phi) is 4.75. The normalized spacial score (nSPS) is 34.4. The topological polar surface area (TPSA) is 18.5 Å². The predicted octanol–water partition coefficient (Wildman–Crippen LogP) is 4.62. The number of hydrogen-bond acceptors (Lipinski definition) is 2. The van der Waals surface area contributed by atoms with Gasteiger partial charge in [0.1, 0.15) is 0 Å². The minimum absolute atomic E-state index is 0.191. The van der Waals surface area contributed by atoms with Gasteiger partial charge in [-0.05, 0) is 33.1 Å². The van der Waals surface area contributed by atoms with E-state index in [2.05, 4.69) is 0 Å². The van der Waals surface area contributed by atoms with Crippen molar-refractivity contribution < 1.29 is 35.8 Å². The van der Waals surface area contributed by atoms with Crippen molar-refractivity contribution in [2.24, 2.45) is 5.41 Å². The van der Waals surface area contributed by atoms with Gasteiger partial charge in [0.25, 0.3) is 0 Å². The van der Waals surface area contributed by atoms with E-state index in [9.17, 15) is 26.3 Å². The Morgan fingerprint density at radius 2 is 1.32 bits per heavy atom. The highest BCUT2D eigenvalue weighted by atomic mass is 19.4. The van der Waals surface area contributed by atoms with Gasteiger partial charge in [0, 0.05) is 0 Å². The molecule has 1 saturated carbocycles. The number of alkyl halides is 6. The Labute approximate surface area is 125 Å².